The van der Waals surface area contributed by atoms with E-state index in [1.807, 2.05) is 7.05 Å². The van der Waals surface area contributed by atoms with E-state index in [1.165, 1.54) is 44.5 Å². The summed E-state index contributed by atoms with van der Waals surface area (Å²) in [5, 5.41) is 7.16. The second kappa shape index (κ2) is 11.9. The van der Waals surface area contributed by atoms with Crippen molar-refractivity contribution in [2.24, 2.45) is 10.9 Å². The Labute approximate surface area is 181 Å². The van der Waals surface area contributed by atoms with Gasteiger partial charge in [-0.15, -0.1) is 24.0 Å². The van der Waals surface area contributed by atoms with Crippen molar-refractivity contribution in [1.29, 1.82) is 0 Å². The second-order valence-electron chi connectivity index (χ2n) is 7.46. The van der Waals surface area contributed by atoms with E-state index in [2.05, 4.69) is 57.8 Å². The number of hydrogen-bond acceptors (Lipinski definition) is 3. The summed E-state index contributed by atoms with van der Waals surface area (Å²) in [7, 11) is 1.86. The maximum Gasteiger partial charge on any atom is 0.191 e. The van der Waals surface area contributed by atoms with Crippen LogP contribution >= 0.6 is 24.0 Å². The van der Waals surface area contributed by atoms with E-state index in [0.717, 1.165) is 25.5 Å². The van der Waals surface area contributed by atoms with Crippen LogP contribution < -0.4 is 10.6 Å². The molecule has 0 aliphatic carbocycles. The fourth-order valence-corrected chi connectivity index (χ4v) is 4.09. The van der Waals surface area contributed by atoms with Crippen molar-refractivity contribution >= 4 is 29.9 Å². The number of nitrogens with zero attached hydrogens (tertiary/aromatic N) is 2. The van der Waals surface area contributed by atoms with E-state index in [0.29, 0.717) is 12.0 Å². The molecule has 0 amide bonds. The molecular formula is C21H35IN4O. The van der Waals surface area contributed by atoms with Crippen LogP contribution in [-0.4, -0.2) is 56.7 Å². The molecule has 3 rings (SSSR count). The summed E-state index contributed by atoms with van der Waals surface area (Å²) in [6, 6.07) is 11.1. The number of likely N-dealkylation sites (tertiary alicyclic amines) is 1. The van der Waals surface area contributed by atoms with Crippen LogP contribution in [0.4, 0.5) is 0 Å². The number of hydrogen-bond donors (Lipinski definition) is 2. The zero-order valence-electron chi connectivity index (χ0n) is 16.7. The molecule has 0 saturated carbocycles. The summed E-state index contributed by atoms with van der Waals surface area (Å²) in [5.74, 6) is 1.42. The van der Waals surface area contributed by atoms with E-state index in [1.54, 1.807) is 0 Å². The number of rotatable bonds is 6. The van der Waals surface area contributed by atoms with Gasteiger partial charge in [-0.3, -0.25) is 4.99 Å². The van der Waals surface area contributed by atoms with E-state index in [9.17, 15) is 0 Å². The molecule has 6 heteroatoms. The zero-order valence-corrected chi connectivity index (χ0v) is 19.0. The summed E-state index contributed by atoms with van der Waals surface area (Å²) in [5.41, 5.74) is 1.28. The van der Waals surface area contributed by atoms with E-state index >= 15 is 0 Å². The van der Waals surface area contributed by atoms with Crippen LogP contribution in [0.15, 0.2) is 35.3 Å². The second-order valence-corrected chi connectivity index (χ2v) is 7.46. The van der Waals surface area contributed by atoms with E-state index in [-0.39, 0.29) is 30.1 Å². The van der Waals surface area contributed by atoms with Crippen molar-refractivity contribution in [3.63, 3.8) is 0 Å². The first-order valence-corrected chi connectivity index (χ1v) is 10.2. The molecule has 0 aromatic heterocycles. The molecule has 1 aromatic rings. The minimum Gasteiger partial charge on any atom is -0.373 e. The third-order valence-electron chi connectivity index (χ3n) is 5.57. The minimum atomic E-state index is 0. The van der Waals surface area contributed by atoms with Gasteiger partial charge in [0.15, 0.2) is 5.96 Å². The van der Waals surface area contributed by atoms with Gasteiger partial charge in [-0.25, -0.2) is 0 Å². The van der Waals surface area contributed by atoms with Crippen molar-refractivity contribution in [3.05, 3.63) is 35.9 Å². The highest BCUT2D eigenvalue weighted by Gasteiger charge is 2.29. The molecule has 0 spiro atoms. The highest BCUT2D eigenvalue weighted by Crippen LogP contribution is 2.33. The smallest absolute Gasteiger partial charge is 0.191 e. The number of ether oxygens (including phenoxy) is 1. The van der Waals surface area contributed by atoms with Crippen LogP contribution in [0.5, 0.6) is 0 Å². The van der Waals surface area contributed by atoms with Crippen molar-refractivity contribution in [1.82, 2.24) is 15.5 Å². The third-order valence-corrected chi connectivity index (χ3v) is 5.57. The Morgan fingerprint density at radius 1 is 1.19 bits per heavy atom. The average molecular weight is 486 g/mol. The largest absolute Gasteiger partial charge is 0.373 e. The summed E-state index contributed by atoms with van der Waals surface area (Å²) < 4.78 is 6.00. The highest BCUT2D eigenvalue weighted by atomic mass is 127. The summed E-state index contributed by atoms with van der Waals surface area (Å²) >= 11 is 0. The Morgan fingerprint density at radius 3 is 2.59 bits per heavy atom. The minimum absolute atomic E-state index is 0. The van der Waals surface area contributed by atoms with Crippen LogP contribution in [0.25, 0.3) is 0 Å². The van der Waals surface area contributed by atoms with Gasteiger partial charge in [-0.1, -0.05) is 37.3 Å². The normalized spacial score (nSPS) is 24.4. The summed E-state index contributed by atoms with van der Waals surface area (Å²) in [4.78, 5) is 7.00. The van der Waals surface area contributed by atoms with Crippen LogP contribution in [0, 0.1) is 5.92 Å². The first kappa shape index (κ1) is 22.4. The number of piperidine rings is 1. The lowest BCUT2D eigenvalue weighted by atomic mass is 9.95. The topological polar surface area (TPSA) is 48.9 Å². The number of halogens is 1. The Kier molecular flexibility index (Phi) is 9.86. The lowest BCUT2D eigenvalue weighted by Crippen LogP contribution is -2.49. The quantitative estimate of drug-likeness (QED) is 0.368. The predicted octanol–water partition coefficient (Wildman–Crippen LogP) is 3.42. The van der Waals surface area contributed by atoms with Gasteiger partial charge in [0.05, 0.1) is 6.10 Å². The fraction of sp³-hybridized carbons (Fsp3) is 0.667. The Bertz CT molecular complexity index is 561. The molecule has 152 valence electrons. The highest BCUT2D eigenvalue weighted by molar-refractivity contribution is 14.0. The Balaban J connectivity index is 0.00000261. The van der Waals surface area contributed by atoms with E-state index in [4.69, 9.17) is 4.74 Å². The molecule has 2 aliphatic rings. The molecule has 2 saturated heterocycles. The average Bonchev–Trinajstić information content (AvgIpc) is 3.16. The lowest BCUT2D eigenvalue weighted by molar-refractivity contribution is 0.0915. The molecule has 0 radical (unpaired) electrons. The third kappa shape index (κ3) is 6.61. The Hall–Kier alpha value is -0.860. The molecule has 1 aromatic carbocycles. The summed E-state index contributed by atoms with van der Waals surface area (Å²) in [6.07, 6.45) is 4.92. The monoisotopic (exact) mass is 486 g/mol. The van der Waals surface area contributed by atoms with Crippen molar-refractivity contribution in [2.45, 2.75) is 44.8 Å². The first-order valence-electron chi connectivity index (χ1n) is 10.2. The van der Waals surface area contributed by atoms with Gasteiger partial charge in [0, 0.05) is 45.2 Å². The number of aliphatic imine (C=N–C) groups is 1. The maximum absolute atomic E-state index is 6.00. The zero-order chi connectivity index (χ0) is 18.2. The van der Waals surface area contributed by atoms with E-state index < -0.39 is 0 Å². The van der Waals surface area contributed by atoms with Crippen LogP contribution in [0.1, 0.15) is 44.3 Å². The van der Waals surface area contributed by atoms with Crippen molar-refractivity contribution < 1.29 is 4.74 Å². The molecular weight excluding hydrogens is 451 g/mol. The number of guanidine groups is 1. The van der Waals surface area contributed by atoms with Gasteiger partial charge in [-0.05, 0) is 37.8 Å². The molecule has 2 atom stereocenters. The van der Waals surface area contributed by atoms with Gasteiger partial charge in [0.25, 0.3) is 0 Å². The van der Waals surface area contributed by atoms with Crippen molar-refractivity contribution in [3.8, 4) is 0 Å². The molecule has 5 nitrogen and oxygen atoms in total. The molecule has 2 N–H and O–H groups in total. The number of benzene rings is 1. The molecule has 2 fully saturated rings. The van der Waals surface area contributed by atoms with Gasteiger partial charge >= 0.3 is 0 Å². The van der Waals surface area contributed by atoms with Gasteiger partial charge in [0.2, 0.25) is 0 Å². The lowest BCUT2D eigenvalue weighted by Gasteiger charge is -2.33. The van der Waals surface area contributed by atoms with Gasteiger partial charge in [-0.2, -0.15) is 0 Å². The first-order chi connectivity index (χ1) is 12.8. The molecule has 0 bridgehead atoms. The molecule has 27 heavy (non-hydrogen) atoms. The molecule has 2 heterocycles. The fourth-order valence-electron chi connectivity index (χ4n) is 4.09. The SMILES string of the molecule is CCCN1CCC(NC(=NC)NCC2CCOC2c2ccccc2)CC1.I. The maximum atomic E-state index is 6.00. The number of nitrogens with one attached hydrogen (secondary N) is 2. The van der Waals surface area contributed by atoms with Crippen LogP contribution in [-0.2, 0) is 4.74 Å². The standard InChI is InChI=1S/C21H34N4O.HI/c1-3-12-25-13-9-19(10-14-25)24-21(22-2)23-16-18-11-15-26-20(18)17-7-5-4-6-8-17;/h4-8,18-20H,3,9-16H2,1-2H3,(H2,22,23,24);1H. The van der Waals surface area contributed by atoms with Crippen LogP contribution in [0.2, 0.25) is 0 Å². The van der Waals surface area contributed by atoms with Crippen LogP contribution in [0.3, 0.4) is 0 Å². The molecule has 2 aliphatic heterocycles. The Morgan fingerprint density at radius 2 is 1.93 bits per heavy atom. The van der Waals surface area contributed by atoms with Gasteiger partial charge < -0.3 is 20.3 Å². The predicted molar refractivity (Wildman–Crippen MR) is 123 cm³/mol. The molecule has 2 unspecified atom stereocenters. The van der Waals surface area contributed by atoms with Gasteiger partial charge in [0.1, 0.15) is 0 Å². The van der Waals surface area contributed by atoms with Crippen molar-refractivity contribution in [2.75, 3.05) is 39.8 Å². The summed E-state index contributed by atoms with van der Waals surface area (Å²) in [6.45, 7) is 7.60.